The van der Waals surface area contributed by atoms with Gasteiger partial charge in [0.2, 0.25) is 0 Å². The Morgan fingerprint density at radius 1 is 1.21 bits per heavy atom. The molecule has 1 heterocycles. The van der Waals surface area contributed by atoms with E-state index in [0.717, 1.165) is 16.9 Å². The summed E-state index contributed by atoms with van der Waals surface area (Å²) in [5.41, 5.74) is 2.97. The fourth-order valence-electron chi connectivity index (χ4n) is 2.65. The SMILES string of the molecule is COc1ccc(-c2csc(C(C#N)C(=O)/C=C(/C)c3ccc(F)cc3)n2)cc1. The number of aromatic nitrogens is 1. The van der Waals surface area contributed by atoms with Crippen molar-refractivity contribution in [3.8, 4) is 23.1 Å². The van der Waals surface area contributed by atoms with Gasteiger partial charge < -0.3 is 4.74 Å². The van der Waals surface area contributed by atoms with Crippen LogP contribution in [-0.4, -0.2) is 17.9 Å². The third-order valence-corrected chi connectivity index (χ3v) is 5.14. The number of hydrogen-bond donors (Lipinski definition) is 0. The number of ether oxygens (including phenoxy) is 1. The van der Waals surface area contributed by atoms with Crippen molar-refractivity contribution >= 4 is 22.7 Å². The van der Waals surface area contributed by atoms with Gasteiger partial charge in [0.05, 0.1) is 18.9 Å². The summed E-state index contributed by atoms with van der Waals surface area (Å²) in [6, 6.07) is 15.3. The molecule has 3 rings (SSSR count). The van der Waals surface area contributed by atoms with Gasteiger partial charge in [0.1, 0.15) is 16.6 Å². The Kier molecular flexibility index (Phi) is 5.97. The van der Waals surface area contributed by atoms with Crippen LogP contribution in [0.4, 0.5) is 4.39 Å². The largest absolute Gasteiger partial charge is 0.497 e. The predicted molar refractivity (Wildman–Crippen MR) is 108 cm³/mol. The quantitative estimate of drug-likeness (QED) is 0.538. The molecule has 0 aliphatic carbocycles. The highest BCUT2D eigenvalue weighted by Crippen LogP contribution is 2.29. The number of carbonyl (C=O) groups excluding carboxylic acids is 1. The lowest BCUT2D eigenvalue weighted by molar-refractivity contribution is -0.114. The molecular formula is C22H17FN2O2S. The smallest absolute Gasteiger partial charge is 0.180 e. The van der Waals surface area contributed by atoms with Crippen LogP contribution in [0.25, 0.3) is 16.8 Å². The molecule has 0 saturated heterocycles. The van der Waals surface area contributed by atoms with Gasteiger partial charge in [-0.25, -0.2) is 9.37 Å². The van der Waals surface area contributed by atoms with E-state index in [9.17, 15) is 14.4 Å². The Labute approximate surface area is 166 Å². The Bertz CT molecular complexity index is 1050. The molecule has 28 heavy (non-hydrogen) atoms. The van der Waals surface area contributed by atoms with Crippen LogP contribution in [0.3, 0.4) is 0 Å². The van der Waals surface area contributed by atoms with E-state index in [1.165, 1.54) is 29.5 Å². The maximum atomic E-state index is 13.1. The molecule has 0 bridgehead atoms. The second kappa shape index (κ2) is 8.59. The van der Waals surface area contributed by atoms with Gasteiger partial charge in [-0.05, 0) is 60.5 Å². The summed E-state index contributed by atoms with van der Waals surface area (Å²) in [6.07, 6.45) is 1.41. The van der Waals surface area contributed by atoms with E-state index in [-0.39, 0.29) is 11.6 Å². The number of nitriles is 1. The molecule has 0 spiro atoms. The van der Waals surface area contributed by atoms with Crippen LogP contribution in [-0.2, 0) is 4.79 Å². The van der Waals surface area contributed by atoms with Crippen molar-refractivity contribution in [2.24, 2.45) is 0 Å². The van der Waals surface area contributed by atoms with Gasteiger partial charge in [0, 0.05) is 10.9 Å². The van der Waals surface area contributed by atoms with Crippen molar-refractivity contribution in [3.05, 3.63) is 76.4 Å². The molecule has 2 aromatic carbocycles. The molecule has 0 fully saturated rings. The average molecular weight is 392 g/mol. The van der Waals surface area contributed by atoms with Gasteiger partial charge in [-0.1, -0.05) is 12.1 Å². The minimum Gasteiger partial charge on any atom is -0.497 e. The molecule has 0 saturated carbocycles. The number of benzene rings is 2. The molecule has 1 unspecified atom stereocenters. The second-order valence-corrected chi connectivity index (χ2v) is 6.99. The highest BCUT2D eigenvalue weighted by atomic mass is 32.1. The number of nitrogens with zero attached hydrogens (tertiary/aromatic N) is 2. The first-order valence-electron chi connectivity index (χ1n) is 8.49. The summed E-state index contributed by atoms with van der Waals surface area (Å²) in [7, 11) is 1.60. The van der Waals surface area contributed by atoms with Crippen LogP contribution < -0.4 is 4.74 Å². The molecule has 0 aliphatic rings. The first kappa shape index (κ1) is 19.5. The Morgan fingerprint density at radius 3 is 2.50 bits per heavy atom. The Morgan fingerprint density at radius 2 is 1.89 bits per heavy atom. The van der Waals surface area contributed by atoms with Gasteiger partial charge in [-0.15, -0.1) is 11.3 Å². The van der Waals surface area contributed by atoms with Crippen LogP contribution in [0.2, 0.25) is 0 Å². The maximum absolute atomic E-state index is 13.1. The van der Waals surface area contributed by atoms with E-state index in [2.05, 4.69) is 4.98 Å². The standard InChI is InChI=1S/C22H17FN2O2S/c1-14(15-3-7-17(23)8-4-15)11-21(26)19(12-24)22-25-20(13-28-22)16-5-9-18(27-2)10-6-16/h3-11,13,19H,1-2H3/b14-11-. The van der Waals surface area contributed by atoms with Gasteiger partial charge in [0.15, 0.2) is 11.7 Å². The number of methoxy groups -OCH3 is 1. The van der Waals surface area contributed by atoms with Crippen molar-refractivity contribution in [1.29, 1.82) is 5.26 Å². The first-order chi connectivity index (χ1) is 13.5. The summed E-state index contributed by atoms with van der Waals surface area (Å²) in [5, 5.41) is 11.8. The topological polar surface area (TPSA) is 63.0 Å². The zero-order valence-corrected chi connectivity index (χ0v) is 16.2. The summed E-state index contributed by atoms with van der Waals surface area (Å²) < 4.78 is 18.2. The number of allylic oxidation sites excluding steroid dienone is 2. The van der Waals surface area contributed by atoms with Crippen molar-refractivity contribution < 1.29 is 13.9 Å². The monoisotopic (exact) mass is 392 g/mol. The van der Waals surface area contributed by atoms with Gasteiger partial charge in [0.25, 0.3) is 0 Å². The number of halogens is 1. The second-order valence-electron chi connectivity index (χ2n) is 6.10. The van der Waals surface area contributed by atoms with E-state index in [4.69, 9.17) is 4.74 Å². The molecule has 4 nitrogen and oxygen atoms in total. The number of ketones is 1. The van der Waals surface area contributed by atoms with Crippen LogP contribution in [0.1, 0.15) is 23.4 Å². The van der Waals surface area contributed by atoms with Crippen molar-refractivity contribution in [3.63, 3.8) is 0 Å². The number of rotatable bonds is 6. The molecule has 0 radical (unpaired) electrons. The molecule has 3 aromatic rings. The Hall–Kier alpha value is -3.30. The number of hydrogen-bond acceptors (Lipinski definition) is 5. The van der Waals surface area contributed by atoms with E-state index in [1.54, 1.807) is 26.2 Å². The van der Waals surface area contributed by atoms with Crippen LogP contribution >= 0.6 is 11.3 Å². The van der Waals surface area contributed by atoms with Gasteiger partial charge >= 0.3 is 0 Å². The predicted octanol–water partition coefficient (Wildman–Crippen LogP) is 5.24. The van der Waals surface area contributed by atoms with Crippen molar-refractivity contribution in [2.75, 3.05) is 7.11 Å². The Balaban J connectivity index is 1.82. The molecule has 6 heteroatoms. The summed E-state index contributed by atoms with van der Waals surface area (Å²) >= 11 is 1.28. The fraction of sp³-hybridized carbons (Fsp3) is 0.136. The fourth-order valence-corrected chi connectivity index (χ4v) is 3.53. The lowest BCUT2D eigenvalue weighted by Crippen LogP contribution is -2.08. The van der Waals surface area contributed by atoms with E-state index >= 15 is 0 Å². The van der Waals surface area contributed by atoms with Gasteiger partial charge in [-0.3, -0.25) is 4.79 Å². The average Bonchev–Trinajstić information content (AvgIpc) is 3.18. The highest BCUT2D eigenvalue weighted by Gasteiger charge is 2.22. The van der Waals surface area contributed by atoms with Crippen molar-refractivity contribution in [1.82, 2.24) is 4.98 Å². The molecule has 140 valence electrons. The van der Waals surface area contributed by atoms with Gasteiger partial charge in [-0.2, -0.15) is 5.26 Å². The normalized spacial score (nSPS) is 12.3. The molecule has 1 aromatic heterocycles. The van der Waals surface area contributed by atoms with E-state index in [1.807, 2.05) is 35.7 Å². The summed E-state index contributed by atoms with van der Waals surface area (Å²) in [5.74, 6) is -0.926. The summed E-state index contributed by atoms with van der Waals surface area (Å²) in [4.78, 5) is 17.1. The molecule has 1 atom stereocenters. The van der Waals surface area contributed by atoms with Crippen LogP contribution in [0.15, 0.2) is 60.0 Å². The maximum Gasteiger partial charge on any atom is 0.180 e. The molecular weight excluding hydrogens is 375 g/mol. The third-order valence-electron chi connectivity index (χ3n) is 4.23. The van der Waals surface area contributed by atoms with E-state index in [0.29, 0.717) is 16.3 Å². The molecule has 0 amide bonds. The van der Waals surface area contributed by atoms with Crippen molar-refractivity contribution in [2.45, 2.75) is 12.8 Å². The summed E-state index contributed by atoms with van der Waals surface area (Å²) in [6.45, 7) is 1.75. The zero-order chi connectivity index (χ0) is 20.1. The zero-order valence-electron chi connectivity index (χ0n) is 15.3. The molecule has 0 N–H and O–H groups in total. The first-order valence-corrected chi connectivity index (χ1v) is 9.37. The lowest BCUT2D eigenvalue weighted by Gasteiger charge is -2.04. The number of thiazole rings is 1. The van der Waals surface area contributed by atoms with Crippen LogP contribution in [0, 0.1) is 17.1 Å². The highest BCUT2D eigenvalue weighted by molar-refractivity contribution is 7.10. The van der Waals surface area contributed by atoms with E-state index < -0.39 is 5.92 Å². The minimum atomic E-state index is -0.979. The van der Waals surface area contributed by atoms with Crippen LogP contribution in [0.5, 0.6) is 5.75 Å². The lowest BCUT2D eigenvalue weighted by atomic mass is 10.0. The minimum absolute atomic E-state index is 0.341. The molecule has 0 aliphatic heterocycles. The third kappa shape index (κ3) is 4.33. The number of carbonyl (C=O) groups is 1.